The predicted octanol–water partition coefficient (Wildman–Crippen LogP) is 0.566. The molecular formula is C18H20N2O7. The highest BCUT2D eigenvalue weighted by atomic mass is 16.5. The van der Waals surface area contributed by atoms with E-state index in [1.807, 2.05) is 0 Å². The van der Waals surface area contributed by atoms with Gasteiger partial charge in [-0.3, -0.25) is 24.1 Å². The van der Waals surface area contributed by atoms with Gasteiger partial charge in [-0.25, -0.2) is 4.79 Å². The number of nitrogens with zero attached hydrogens (tertiary/aromatic N) is 1. The Balaban J connectivity index is 1.77. The number of nitrogens with one attached hydrogen (secondary N) is 1. The number of ether oxygens (including phenoxy) is 2. The molecule has 1 aromatic carbocycles. The Hall–Kier alpha value is -3.23. The Kier molecular flexibility index (Phi) is 7.04. The minimum atomic E-state index is -0.703. The molecule has 1 heterocycles. The van der Waals surface area contributed by atoms with Gasteiger partial charge in [0.15, 0.2) is 6.61 Å². The topological polar surface area (TPSA) is 119 Å². The van der Waals surface area contributed by atoms with Crippen molar-refractivity contribution in [3.8, 4) is 0 Å². The van der Waals surface area contributed by atoms with Crippen LogP contribution in [0.3, 0.4) is 0 Å². The summed E-state index contributed by atoms with van der Waals surface area (Å²) in [5.74, 6) is -2.11. The number of carbonyl (C=O) groups excluding carboxylic acids is 5. The molecule has 1 saturated heterocycles. The normalized spacial score (nSPS) is 13.4. The van der Waals surface area contributed by atoms with Crippen LogP contribution in [0.1, 0.15) is 36.0 Å². The zero-order valence-electron chi connectivity index (χ0n) is 14.9. The van der Waals surface area contributed by atoms with Crippen LogP contribution in [0.2, 0.25) is 0 Å². The number of rotatable bonds is 8. The molecule has 144 valence electrons. The second kappa shape index (κ2) is 9.46. The summed E-state index contributed by atoms with van der Waals surface area (Å²) >= 11 is 0. The monoisotopic (exact) mass is 376 g/mol. The van der Waals surface area contributed by atoms with Gasteiger partial charge in [-0.15, -0.1) is 0 Å². The third-order valence-corrected chi connectivity index (χ3v) is 3.85. The Morgan fingerprint density at radius 3 is 2.30 bits per heavy atom. The molecule has 9 nitrogen and oxygen atoms in total. The van der Waals surface area contributed by atoms with E-state index in [1.54, 1.807) is 0 Å². The fourth-order valence-electron chi connectivity index (χ4n) is 2.44. The summed E-state index contributed by atoms with van der Waals surface area (Å²) < 4.78 is 9.38. The van der Waals surface area contributed by atoms with Crippen molar-refractivity contribution in [3.63, 3.8) is 0 Å². The van der Waals surface area contributed by atoms with E-state index in [0.29, 0.717) is 12.1 Å². The first-order valence-electron chi connectivity index (χ1n) is 8.39. The quantitative estimate of drug-likeness (QED) is 0.400. The summed E-state index contributed by atoms with van der Waals surface area (Å²) in [6.45, 7) is -0.194. The maximum Gasteiger partial charge on any atom is 0.338 e. The van der Waals surface area contributed by atoms with Crippen molar-refractivity contribution in [2.24, 2.45) is 0 Å². The van der Waals surface area contributed by atoms with Crippen molar-refractivity contribution in [1.29, 1.82) is 0 Å². The van der Waals surface area contributed by atoms with Gasteiger partial charge in [0.05, 0.1) is 18.4 Å². The van der Waals surface area contributed by atoms with Crippen LogP contribution in [0.25, 0.3) is 0 Å². The number of methoxy groups -OCH3 is 1. The average Bonchev–Trinajstić information content (AvgIpc) is 3.01. The van der Waals surface area contributed by atoms with Crippen LogP contribution in [0.5, 0.6) is 0 Å². The molecule has 2 rings (SSSR count). The standard InChI is InChI=1S/C18H20N2O7/c1-26-17(24)3-2-10-19-14(21)11-27-18(25)12-4-6-13(7-5-12)20-15(22)8-9-16(20)23/h4-7H,2-3,8-11H2,1H3,(H,19,21). The van der Waals surface area contributed by atoms with Gasteiger partial charge in [0.2, 0.25) is 11.8 Å². The van der Waals surface area contributed by atoms with Crippen molar-refractivity contribution in [1.82, 2.24) is 5.32 Å². The molecule has 1 aromatic rings. The molecule has 1 fully saturated rings. The second-order valence-electron chi connectivity index (χ2n) is 5.78. The number of esters is 2. The number of benzene rings is 1. The smallest absolute Gasteiger partial charge is 0.338 e. The molecule has 1 aliphatic heterocycles. The van der Waals surface area contributed by atoms with Crippen LogP contribution in [0, 0.1) is 0 Å². The highest BCUT2D eigenvalue weighted by Crippen LogP contribution is 2.22. The van der Waals surface area contributed by atoms with E-state index in [0.717, 1.165) is 4.90 Å². The van der Waals surface area contributed by atoms with Gasteiger partial charge >= 0.3 is 11.9 Å². The van der Waals surface area contributed by atoms with Gasteiger partial charge in [0, 0.05) is 25.8 Å². The van der Waals surface area contributed by atoms with E-state index in [1.165, 1.54) is 31.4 Å². The second-order valence-corrected chi connectivity index (χ2v) is 5.78. The summed E-state index contributed by atoms with van der Waals surface area (Å²) in [6, 6.07) is 5.80. The molecule has 0 saturated carbocycles. The zero-order valence-corrected chi connectivity index (χ0v) is 14.9. The summed E-state index contributed by atoms with van der Waals surface area (Å²) in [7, 11) is 1.29. The van der Waals surface area contributed by atoms with Gasteiger partial charge < -0.3 is 14.8 Å². The number of hydrogen-bond donors (Lipinski definition) is 1. The Morgan fingerprint density at radius 2 is 1.70 bits per heavy atom. The van der Waals surface area contributed by atoms with Crippen LogP contribution in [0.4, 0.5) is 5.69 Å². The first-order chi connectivity index (χ1) is 12.9. The third kappa shape index (κ3) is 5.63. The van der Waals surface area contributed by atoms with Gasteiger partial charge in [-0.05, 0) is 30.7 Å². The summed E-state index contributed by atoms with van der Waals surface area (Å²) in [4.78, 5) is 58.9. The summed E-state index contributed by atoms with van der Waals surface area (Å²) in [5.41, 5.74) is 0.582. The van der Waals surface area contributed by atoms with Crippen LogP contribution in [0.15, 0.2) is 24.3 Å². The van der Waals surface area contributed by atoms with Crippen molar-refractivity contribution >= 4 is 35.3 Å². The van der Waals surface area contributed by atoms with E-state index >= 15 is 0 Å². The maximum absolute atomic E-state index is 12.0. The molecule has 0 radical (unpaired) electrons. The van der Waals surface area contributed by atoms with Gasteiger partial charge in [-0.1, -0.05) is 0 Å². The van der Waals surface area contributed by atoms with E-state index in [9.17, 15) is 24.0 Å². The van der Waals surface area contributed by atoms with E-state index in [2.05, 4.69) is 10.1 Å². The molecule has 0 atom stereocenters. The fraction of sp³-hybridized carbons (Fsp3) is 0.389. The van der Waals surface area contributed by atoms with Crippen LogP contribution in [-0.4, -0.2) is 49.9 Å². The fourth-order valence-corrected chi connectivity index (χ4v) is 2.44. The lowest BCUT2D eigenvalue weighted by atomic mass is 10.2. The van der Waals surface area contributed by atoms with Gasteiger partial charge in [0.25, 0.3) is 5.91 Å². The highest BCUT2D eigenvalue weighted by molar-refractivity contribution is 6.19. The summed E-state index contributed by atoms with van der Waals surface area (Å²) in [6.07, 6.45) is 0.960. The first kappa shape index (κ1) is 20.1. The minimum Gasteiger partial charge on any atom is -0.469 e. The first-order valence-corrected chi connectivity index (χ1v) is 8.39. The molecule has 0 aromatic heterocycles. The lowest BCUT2D eigenvalue weighted by Crippen LogP contribution is -2.30. The molecule has 27 heavy (non-hydrogen) atoms. The van der Waals surface area contributed by atoms with Crippen molar-refractivity contribution < 1.29 is 33.4 Å². The summed E-state index contributed by atoms with van der Waals surface area (Å²) in [5, 5.41) is 2.52. The third-order valence-electron chi connectivity index (χ3n) is 3.85. The lowest BCUT2D eigenvalue weighted by Gasteiger charge is -2.14. The molecule has 3 amide bonds. The van der Waals surface area contributed by atoms with Crippen LogP contribution in [-0.2, 0) is 28.7 Å². The number of anilines is 1. The van der Waals surface area contributed by atoms with Gasteiger partial charge in [-0.2, -0.15) is 0 Å². The lowest BCUT2D eigenvalue weighted by molar-refractivity contribution is -0.140. The van der Waals surface area contributed by atoms with E-state index < -0.39 is 18.5 Å². The van der Waals surface area contributed by atoms with Crippen LogP contribution < -0.4 is 10.2 Å². The van der Waals surface area contributed by atoms with E-state index in [4.69, 9.17) is 4.74 Å². The SMILES string of the molecule is COC(=O)CCCNC(=O)COC(=O)c1ccc(N2C(=O)CCC2=O)cc1. The predicted molar refractivity (Wildman–Crippen MR) is 92.7 cm³/mol. The zero-order chi connectivity index (χ0) is 19.8. The molecular weight excluding hydrogens is 356 g/mol. The molecule has 1 N–H and O–H groups in total. The molecule has 0 spiro atoms. The average molecular weight is 376 g/mol. The maximum atomic E-state index is 12.0. The Labute approximate surface area is 155 Å². The Morgan fingerprint density at radius 1 is 1.07 bits per heavy atom. The molecule has 0 unspecified atom stereocenters. The minimum absolute atomic E-state index is 0.178. The number of imide groups is 1. The van der Waals surface area contributed by atoms with Crippen molar-refractivity contribution in [3.05, 3.63) is 29.8 Å². The number of amides is 3. The number of hydrogen-bond acceptors (Lipinski definition) is 7. The molecule has 1 aliphatic rings. The molecule has 9 heteroatoms. The Bertz CT molecular complexity index is 727. The molecule has 0 bridgehead atoms. The molecule has 0 aliphatic carbocycles. The van der Waals surface area contributed by atoms with Crippen molar-refractivity contribution in [2.75, 3.05) is 25.2 Å². The largest absolute Gasteiger partial charge is 0.469 e. The van der Waals surface area contributed by atoms with E-state index in [-0.39, 0.29) is 49.2 Å². The van der Waals surface area contributed by atoms with Crippen molar-refractivity contribution in [2.45, 2.75) is 25.7 Å². The highest BCUT2D eigenvalue weighted by Gasteiger charge is 2.30. The number of carbonyl (C=O) groups is 5. The van der Waals surface area contributed by atoms with Gasteiger partial charge in [0.1, 0.15) is 0 Å². The van der Waals surface area contributed by atoms with Crippen LogP contribution >= 0.6 is 0 Å².